The number of benzene rings is 1. The van der Waals surface area contributed by atoms with Crippen LogP contribution in [0, 0.1) is 11.6 Å². The van der Waals surface area contributed by atoms with Gasteiger partial charge in [-0.1, -0.05) is 0 Å². The number of aromatic nitrogens is 4. The Labute approximate surface area is 99.9 Å². The van der Waals surface area contributed by atoms with Crippen LogP contribution in [0.25, 0.3) is 11.4 Å². The molecule has 0 spiro atoms. The van der Waals surface area contributed by atoms with E-state index in [2.05, 4.69) is 15.5 Å². The largest absolute Gasteiger partial charge is 0.481 e. The maximum Gasteiger partial charge on any atom is 0.305 e. The predicted molar refractivity (Wildman–Crippen MR) is 55.4 cm³/mol. The van der Waals surface area contributed by atoms with Crippen LogP contribution in [-0.2, 0) is 11.3 Å². The number of carboxylic acid groups (broad SMARTS) is 1. The molecule has 94 valence electrons. The molecule has 0 saturated carbocycles. The Kier molecular flexibility index (Phi) is 3.26. The van der Waals surface area contributed by atoms with E-state index < -0.39 is 17.6 Å². The summed E-state index contributed by atoms with van der Waals surface area (Å²) in [6.07, 6.45) is -0.194. The molecule has 2 rings (SSSR count). The first-order chi connectivity index (χ1) is 8.58. The van der Waals surface area contributed by atoms with Crippen LogP contribution in [0.15, 0.2) is 18.2 Å². The van der Waals surface area contributed by atoms with Crippen LogP contribution in [0.5, 0.6) is 0 Å². The van der Waals surface area contributed by atoms with Gasteiger partial charge in [0.05, 0.1) is 18.5 Å². The van der Waals surface area contributed by atoms with Gasteiger partial charge in [-0.2, -0.15) is 0 Å². The Balaban J connectivity index is 2.33. The van der Waals surface area contributed by atoms with E-state index in [-0.39, 0.29) is 24.4 Å². The highest BCUT2D eigenvalue weighted by atomic mass is 19.1. The molecule has 0 fully saturated rings. The summed E-state index contributed by atoms with van der Waals surface area (Å²) in [5, 5.41) is 19.1. The SMILES string of the molecule is O=C(O)CCn1nnnc1-c1ccc(F)cc1F. The Hall–Kier alpha value is -2.38. The molecule has 1 heterocycles. The minimum atomic E-state index is -1.02. The summed E-state index contributed by atoms with van der Waals surface area (Å²) >= 11 is 0. The van der Waals surface area contributed by atoms with Crippen molar-refractivity contribution in [3.63, 3.8) is 0 Å². The number of halogens is 2. The Morgan fingerprint density at radius 2 is 2.17 bits per heavy atom. The summed E-state index contributed by atoms with van der Waals surface area (Å²) in [6.45, 7) is 0.00842. The van der Waals surface area contributed by atoms with E-state index >= 15 is 0 Å². The van der Waals surface area contributed by atoms with Gasteiger partial charge in [0.15, 0.2) is 5.82 Å². The van der Waals surface area contributed by atoms with Gasteiger partial charge in [-0.25, -0.2) is 13.5 Å². The molecule has 1 N–H and O–H groups in total. The van der Waals surface area contributed by atoms with E-state index in [9.17, 15) is 13.6 Å². The third-order valence-corrected chi connectivity index (χ3v) is 2.24. The van der Waals surface area contributed by atoms with Gasteiger partial charge in [-0.3, -0.25) is 4.79 Å². The number of nitrogens with zero attached hydrogens (tertiary/aromatic N) is 4. The van der Waals surface area contributed by atoms with Crippen LogP contribution in [0.4, 0.5) is 8.78 Å². The molecule has 18 heavy (non-hydrogen) atoms. The molecular formula is C10H8F2N4O2. The van der Waals surface area contributed by atoms with Crippen molar-refractivity contribution in [2.45, 2.75) is 13.0 Å². The predicted octanol–water partition coefficient (Wildman–Crippen LogP) is 1.09. The van der Waals surface area contributed by atoms with Crippen LogP contribution < -0.4 is 0 Å². The van der Waals surface area contributed by atoms with E-state index in [1.165, 1.54) is 6.07 Å². The topological polar surface area (TPSA) is 80.9 Å². The lowest BCUT2D eigenvalue weighted by Gasteiger charge is -2.04. The number of tetrazole rings is 1. The van der Waals surface area contributed by atoms with Gasteiger partial charge in [0.1, 0.15) is 11.6 Å². The summed E-state index contributed by atoms with van der Waals surface area (Å²) in [5.41, 5.74) is 0.0202. The number of hydrogen-bond acceptors (Lipinski definition) is 4. The molecule has 0 amide bonds. The van der Waals surface area contributed by atoms with Gasteiger partial charge in [-0.05, 0) is 22.6 Å². The fourth-order valence-electron chi connectivity index (χ4n) is 1.42. The van der Waals surface area contributed by atoms with Gasteiger partial charge < -0.3 is 5.11 Å². The van der Waals surface area contributed by atoms with E-state index in [1.807, 2.05) is 0 Å². The maximum atomic E-state index is 13.5. The van der Waals surface area contributed by atoms with E-state index in [0.717, 1.165) is 10.7 Å². The summed E-state index contributed by atoms with van der Waals surface area (Å²) in [6, 6.07) is 2.99. The monoisotopic (exact) mass is 254 g/mol. The van der Waals surface area contributed by atoms with Gasteiger partial charge in [-0.15, -0.1) is 5.10 Å². The molecule has 0 unspecified atom stereocenters. The first kappa shape index (κ1) is 12.1. The van der Waals surface area contributed by atoms with Crippen molar-refractivity contribution in [2.24, 2.45) is 0 Å². The minimum Gasteiger partial charge on any atom is -0.481 e. The Morgan fingerprint density at radius 1 is 1.39 bits per heavy atom. The molecule has 6 nitrogen and oxygen atoms in total. The smallest absolute Gasteiger partial charge is 0.305 e. The van der Waals surface area contributed by atoms with Crippen molar-refractivity contribution in [2.75, 3.05) is 0 Å². The second-order valence-electron chi connectivity index (χ2n) is 3.49. The van der Waals surface area contributed by atoms with Crippen molar-refractivity contribution in [1.29, 1.82) is 0 Å². The number of aliphatic carboxylic acids is 1. The zero-order valence-corrected chi connectivity index (χ0v) is 9.05. The lowest BCUT2D eigenvalue weighted by Crippen LogP contribution is -2.08. The van der Waals surface area contributed by atoms with Crippen molar-refractivity contribution < 1.29 is 18.7 Å². The van der Waals surface area contributed by atoms with Crippen LogP contribution in [0.1, 0.15) is 6.42 Å². The molecule has 0 bridgehead atoms. The molecule has 1 aromatic heterocycles. The van der Waals surface area contributed by atoms with E-state index in [0.29, 0.717) is 6.07 Å². The average molecular weight is 254 g/mol. The number of carboxylic acids is 1. The molecular weight excluding hydrogens is 246 g/mol. The highest BCUT2D eigenvalue weighted by molar-refractivity contribution is 5.66. The zero-order valence-electron chi connectivity index (χ0n) is 9.05. The average Bonchev–Trinajstić information content (AvgIpc) is 2.74. The minimum absolute atomic E-state index is 0.00842. The van der Waals surface area contributed by atoms with Crippen molar-refractivity contribution >= 4 is 5.97 Å². The molecule has 0 aliphatic carbocycles. The van der Waals surface area contributed by atoms with Crippen molar-refractivity contribution in [1.82, 2.24) is 20.2 Å². The van der Waals surface area contributed by atoms with E-state index in [4.69, 9.17) is 5.11 Å². The quantitative estimate of drug-likeness (QED) is 0.883. The van der Waals surface area contributed by atoms with Crippen LogP contribution in [-0.4, -0.2) is 31.3 Å². The standard InChI is InChI=1S/C10H8F2N4O2/c11-6-1-2-7(8(12)5-6)10-13-14-15-16(10)4-3-9(17)18/h1-2,5H,3-4H2,(H,17,18). The fraction of sp³-hybridized carbons (Fsp3) is 0.200. The van der Waals surface area contributed by atoms with Gasteiger partial charge >= 0.3 is 5.97 Å². The van der Waals surface area contributed by atoms with E-state index in [1.54, 1.807) is 0 Å². The summed E-state index contributed by atoms with van der Waals surface area (Å²) in [4.78, 5) is 10.4. The van der Waals surface area contributed by atoms with Gasteiger partial charge in [0.25, 0.3) is 0 Å². The lowest BCUT2D eigenvalue weighted by atomic mass is 10.2. The second kappa shape index (κ2) is 4.86. The van der Waals surface area contributed by atoms with Crippen LogP contribution >= 0.6 is 0 Å². The number of hydrogen-bond donors (Lipinski definition) is 1. The lowest BCUT2D eigenvalue weighted by molar-refractivity contribution is -0.137. The van der Waals surface area contributed by atoms with Crippen molar-refractivity contribution in [3.8, 4) is 11.4 Å². The van der Waals surface area contributed by atoms with Gasteiger partial charge in [0.2, 0.25) is 0 Å². The van der Waals surface area contributed by atoms with Crippen molar-refractivity contribution in [3.05, 3.63) is 29.8 Å². The Bertz CT molecular complexity index is 585. The molecule has 0 aliphatic rings. The Morgan fingerprint density at radius 3 is 2.83 bits per heavy atom. The van der Waals surface area contributed by atoms with Gasteiger partial charge in [0, 0.05) is 6.07 Å². The highest BCUT2D eigenvalue weighted by Gasteiger charge is 2.14. The number of aryl methyl sites for hydroxylation is 1. The fourth-order valence-corrected chi connectivity index (χ4v) is 1.42. The molecule has 0 radical (unpaired) electrons. The summed E-state index contributed by atoms with van der Waals surface area (Å²) < 4.78 is 27.5. The molecule has 0 saturated heterocycles. The molecule has 8 heteroatoms. The zero-order chi connectivity index (χ0) is 13.1. The third-order valence-electron chi connectivity index (χ3n) is 2.24. The number of carbonyl (C=O) groups is 1. The first-order valence-corrected chi connectivity index (χ1v) is 5.01. The first-order valence-electron chi connectivity index (χ1n) is 5.01. The maximum absolute atomic E-state index is 13.5. The number of rotatable bonds is 4. The molecule has 2 aromatic rings. The molecule has 0 aliphatic heterocycles. The summed E-state index contributed by atoms with van der Waals surface area (Å²) in [5.74, 6) is -2.47. The summed E-state index contributed by atoms with van der Waals surface area (Å²) in [7, 11) is 0. The highest BCUT2D eigenvalue weighted by Crippen LogP contribution is 2.20. The molecule has 1 aromatic carbocycles. The second-order valence-corrected chi connectivity index (χ2v) is 3.49. The normalized spacial score (nSPS) is 10.6. The van der Waals surface area contributed by atoms with Crippen LogP contribution in [0.3, 0.4) is 0 Å². The third kappa shape index (κ3) is 2.47. The molecule has 0 atom stereocenters. The van der Waals surface area contributed by atoms with Crippen LogP contribution in [0.2, 0.25) is 0 Å².